The van der Waals surface area contributed by atoms with E-state index in [1.165, 1.54) is 37.7 Å². The molecule has 0 saturated heterocycles. The number of hydrogen-bond donors (Lipinski definition) is 0. The van der Waals surface area contributed by atoms with Crippen molar-refractivity contribution < 1.29 is 0 Å². The van der Waals surface area contributed by atoms with E-state index in [1.54, 1.807) is 0 Å². The fourth-order valence-electron chi connectivity index (χ4n) is 1.86. The molecule has 1 rings (SSSR count). The van der Waals surface area contributed by atoms with E-state index in [1.807, 2.05) is 0 Å². The maximum absolute atomic E-state index is 2.37. The zero-order valence-electron chi connectivity index (χ0n) is 10.7. The van der Waals surface area contributed by atoms with Crippen LogP contribution in [0.1, 0.15) is 45.1 Å². The number of aryl methyl sites for hydroxylation is 1. The summed E-state index contributed by atoms with van der Waals surface area (Å²) < 4.78 is 0. The molecule has 0 spiro atoms. The Kier molecular flexibility index (Phi) is 6.64. The molecular formula is C16H24. The molecule has 0 bridgehead atoms. The average molecular weight is 216 g/mol. The van der Waals surface area contributed by atoms with Gasteiger partial charge in [-0.1, -0.05) is 62.8 Å². The monoisotopic (exact) mass is 216 g/mol. The molecule has 0 heterocycles. The minimum absolute atomic E-state index is 0.732. The second kappa shape index (κ2) is 8.15. The summed E-state index contributed by atoms with van der Waals surface area (Å²) >= 11 is 0. The fourth-order valence-corrected chi connectivity index (χ4v) is 1.86. The molecule has 0 aromatic heterocycles. The molecule has 0 fully saturated rings. The molecule has 16 heavy (non-hydrogen) atoms. The molecule has 0 nitrogen and oxygen atoms in total. The minimum atomic E-state index is 0.732. The van der Waals surface area contributed by atoms with Gasteiger partial charge in [-0.15, -0.1) is 0 Å². The molecule has 0 aliphatic rings. The molecular weight excluding hydrogens is 192 g/mol. The second-order valence-electron chi connectivity index (χ2n) is 4.57. The number of benzene rings is 1. The molecule has 1 unspecified atom stereocenters. The summed E-state index contributed by atoms with van der Waals surface area (Å²) in [6, 6.07) is 10.8. The van der Waals surface area contributed by atoms with Crippen LogP contribution in [0.5, 0.6) is 0 Å². The van der Waals surface area contributed by atoms with Crippen LogP contribution in [0, 0.1) is 5.92 Å². The Morgan fingerprint density at radius 1 is 1.19 bits per heavy atom. The first-order valence-corrected chi connectivity index (χ1v) is 6.53. The highest BCUT2D eigenvalue weighted by Gasteiger charge is 1.97. The van der Waals surface area contributed by atoms with Crippen LogP contribution in [0.15, 0.2) is 42.5 Å². The molecule has 0 saturated carbocycles. The maximum Gasteiger partial charge on any atom is -0.0262 e. The highest BCUT2D eigenvalue weighted by atomic mass is 14.0. The minimum Gasteiger partial charge on any atom is -0.0883 e. The van der Waals surface area contributed by atoms with Crippen molar-refractivity contribution in [3.8, 4) is 0 Å². The number of hydrogen-bond acceptors (Lipinski definition) is 0. The maximum atomic E-state index is 2.37. The second-order valence-corrected chi connectivity index (χ2v) is 4.57. The Hall–Kier alpha value is -1.04. The largest absolute Gasteiger partial charge is 0.0883 e. The van der Waals surface area contributed by atoms with Gasteiger partial charge in [0.2, 0.25) is 0 Å². The first-order chi connectivity index (χ1) is 7.83. The quantitative estimate of drug-likeness (QED) is 0.562. The highest BCUT2D eigenvalue weighted by Crippen LogP contribution is 2.11. The van der Waals surface area contributed by atoms with Gasteiger partial charge < -0.3 is 0 Å². The molecule has 1 aromatic rings. The number of allylic oxidation sites excluding steroid dienone is 2. The third kappa shape index (κ3) is 5.75. The van der Waals surface area contributed by atoms with Gasteiger partial charge in [0.1, 0.15) is 0 Å². The highest BCUT2D eigenvalue weighted by molar-refractivity contribution is 5.14. The van der Waals surface area contributed by atoms with Gasteiger partial charge in [-0.3, -0.25) is 0 Å². The van der Waals surface area contributed by atoms with E-state index in [9.17, 15) is 0 Å². The lowest BCUT2D eigenvalue weighted by atomic mass is 10.0. The molecule has 0 aliphatic carbocycles. The number of rotatable bonds is 7. The summed E-state index contributed by atoms with van der Waals surface area (Å²) in [4.78, 5) is 0. The van der Waals surface area contributed by atoms with Crippen molar-refractivity contribution in [1.82, 2.24) is 0 Å². The van der Waals surface area contributed by atoms with Gasteiger partial charge in [-0.25, -0.2) is 0 Å². The SMILES string of the molecule is CCC/C=C/C(C)CCCc1ccccc1. The lowest BCUT2D eigenvalue weighted by Gasteiger charge is -2.06. The van der Waals surface area contributed by atoms with Crippen molar-refractivity contribution in [3.05, 3.63) is 48.0 Å². The van der Waals surface area contributed by atoms with E-state index < -0.39 is 0 Å². The predicted molar refractivity (Wildman–Crippen MR) is 72.6 cm³/mol. The standard InChI is InChI=1S/C16H24/c1-3-4-6-10-15(2)11-9-14-16-12-7-5-8-13-16/h5-8,10,12-13,15H,3-4,9,11,14H2,1-2H3/b10-6+. The summed E-state index contributed by atoms with van der Waals surface area (Å²) in [5.41, 5.74) is 1.47. The molecule has 1 atom stereocenters. The van der Waals surface area contributed by atoms with Crippen LogP contribution < -0.4 is 0 Å². The predicted octanol–water partition coefficient (Wildman–Crippen LogP) is 5.00. The van der Waals surface area contributed by atoms with E-state index in [2.05, 4.69) is 56.3 Å². The Bertz CT molecular complexity index is 284. The summed E-state index contributed by atoms with van der Waals surface area (Å²) in [5.74, 6) is 0.732. The van der Waals surface area contributed by atoms with Crippen LogP contribution in [-0.2, 0) is 6.42 Å². The van der Waals surface area contributed by atoms with Gasteiger partial charge in [0.15, 0.2) is 0 Å². The Morgan fingerprint density at radius 2 is 1.94 bits per heavy atom. The van der Waals surface area contributed by atoms with Gasteiger partial charge in [0.05, 0.1) is 0 Å². The lowest BCUT2D eigenvalue weighted by Crippen LogP contribution is -1.92. The van der Waals surface area contributed by atoms with E-state index in [0.717, 1.165) is 5.92 Å². The van der Waals surface area contributed by atoms with Crippen LogP contribution in [0.25, 0.3) is 0 Å². The van der Waals surface area contributed by atoms with Crippen LogP contribution in [0.2, 0.25) is 0 Å². The van der Waals surface area contributed by atoms with Crippen molar-refractivity contribution in [2.75, 3.05) is 0 Å². The van der Waals surface area contributed by atoms with Crippen molar-refractivity contribution in [2.24, 2.45) is 5.92 Å². The van der Waals surface area contributed by atoms with E-state index >= 15 is 0 Å². The van der Waals surface area contributed by atoms with Gasteiger partial charge in [0.25, 0.3) is 0 Å². The van der Waals surface area contributed by atoms with Crippen molar-refractivity contribution in [3.63, 3.8) is 0 Å². The Balaban J connectivity index is 2.15. The zero-order chi connectivity index (χ0) is 11.6. The lowest BCUT2D eigenvalue weighted by molar-refractivity contribution is 0.604. The van der Waals surface area contributed by atoms with Crippen LogP contribution in [-0.4, -0.2) is 0 Å². The first kappa shape index (κ1) is 13.0. The third-order valence-electron chi connectivity index (χ3n) is 2.89. The topological polar surface area (TPSA) is 0 Å². The van der Waals surface area contributed by atoms with Gasteiger partial charge in [-0.2, -0.15) is 0 Å². The van der Waals surface area contributed by atoms with Crippen molar-refractivity contribution in [1.29, 1.82) is 0 Å². The van der Waals surface area contributed by atoms with Gasteiger partial charge in [0, 0.05) is 0 Å². The molecule has 0 radical (unpaired) electrons. The zero-order valence-corrected chi connectivity index (χ0v) is 10.7. The van der Waals surface area contributed by atoms with Gasteiger partial charge >= 0.3 is 0 Å². The summed E-state index contributed by atoms with van der Waals surface area (Å²) in [7, 11) is 0. The van der Waals surface area contributed by atoms with E-state index in [0.29, 0.717) is 0 Å². The molecule has 0 N–H and O–H groups in total. The number of unbranched alkanes of at least 4 members (excludes halogenated alkanes) is 1. The molecule has 0 heteroatoms. The van der Waals surface area contributed by atoms with Crippen molar-refractivity contribution in [2.45, 2.75) is 46.0 Å². The van der Waals surface area contributed by atoms with Crippen LogP contribution in [0.4, 0.5) is 0 Å². The fraction of sp³-hybridized carbons (Fsp3) is 0.500. The van der Waals surface area contributed by atoms with Gasteiger partial charge in [-0.05, 0) is 37.2 Å². The molecule has 1 aromatic carbocycles. The summed E-state index contributed by atoms with van der Waals surface area (Å²) in [5, 5.41) is 0. The Morgan fingerprint density at radius 3 is 2.62 bits per heavy atom. The van der Waals surface area contributed by atoms with Crippen molar-refractivity contribution >= 4 is 0 Å². The van der Waals surface area contributed by atoms with E-state index in [4.69, 9.17) is 0 Å². The molecule has 0 aliphatic heterocycles. The van der Waals surface area contributed by atoms with Crippen LogP contribution >= 0.6 is 0 Å². The van der Waals surface area contributed by atoms with E-state index in [-0.39, 0.29) is 0 Å². The summed E-state index contributed by atoms with van der Waals surface area (Å²) in [6.07, 6.45) is 11.0. The smallest absolute Gasteiger partial charge is 0.0262 e. The first-order valence-electron chi connectivity index (χ1n) is 6.53. The summed E-state index contributed by atoms with van der Waals surface area (Å²) in [6.45, 7) is 4.54. The molecule has 88 valence electrons. The molecule has 0 amide bonds. The third-order valence-corrected chi connectivity index (χ3v) is 2.89. The normalized spacial score (nSPS) is 13.1. The Labute approximate surface area is 100 Å². The average Bonchev–Trinajstić information content (AvgIpc) is 2.31. The van der Waals surface area contributed by atoms with Crippen LogP contribution in [0.3, 0.4) is 0 Å².